The lowest BCUT2D eigenvalue weighted by Gasteiger charge is -2.30. The second kappa shape index (κ2) is 6.48. The maximum Gasteiger partial charge on any atom is 0.222 e. The van der Waals surface area contributed by atoms with Crippen molar-refractivity contribution in [1.82, 2.24) is 10.2 Å². The van der Waals surface area contributed by atoms with Crippen molar-refractivity contribution in [2.45, 2.75) is 38.6 Å². The zero-order valence-corrected chi connectivity index (χ0v) is 12.5. The van der Waals surface area contributed by atoms with Crippen molar-refractivity contribution in [2.24, 2.45) is 5.92 Å². The number of nitrogens with one attached hydrogen (secondary N) is 1. The average Bonchev–Trinajstić information content (AvgIpc) is 2.53. The molecule has 1 fully saturated rings. The van der Waals surface area contributed by atoms with Crippen LogP contribution < -0.4 is 5.32 Å². The standard InChI is InChI=1S/C17H24N2O2/c20-16-5-4-14-7-9-19(12-15(14)10-16)17(21)6-3-13-2-1-8-18-11-13/h4-5,10,13,18,20H,1-3,6-9,11-12H2. The molecule has 2 N–H and O–H groups in total. The number of fused-ring (bicyclic) bond motifs is 1. The lowest BCUT2D eigenvalue weighted by atomic mass is 9.94. The van der Waals surface area contributed by atoms with Crippen molar-refractivity contribution in [1.29, 1.82) is 0 Å². The molecule has 1 saturated heterocycles. The second-order valence-corrected chi connectivity index (χ2v) is 6.27. The molecule has 0 aromatic heterocycles. The summed E-state index contributed by atoms with van der Waals surface area (Å²) in [6.45, 7) is 3.63. The van der Waals surface area contributed by atoms with Gasteiger partial charge < -0.3 is 15.3 Å². The van der Waals surface area contributed by atoms with E-state index in [2.05, 4.69) is 5.32 Å². The van der Waals surface area contributed by atoms with Gasteiger partial charge in [0.05, 0.1) is 0 Å². The van der Waals surface area contributed by atoms with E-state index >= 15 is 0 Å². The third kappa shape index (κ3) is 3.56. The van der Waals surface area contributed by atoms with Crippen LogP contribution >= 0.6 is 0 Å². The smallest absolute Gasteiger partial charge is 0.222 e. The van der Waals surface area contributed by atoms with Gasteiger partial charge in [0.1, 0.15) is 5.75 Å². The maximum atomic E-state index is 12.4. The van der Waals surface area contributed by atoms with Crippen LogP contribution in [0.4, 0.5) is 0 Å². The van der Waals surface area contributed by atoms with Gasteiger partial charge in [-0.1, -0.05) is 6.07 Å². The summed E-state index contributed by atoms with van der Waals surface area (Å²) in [7, 11) is 0. The number of piperidine rings is 1. The predicted molar refractivity (Wildman–Crippen MR) is 82.1 cm³/mol. The summed E-state index contributed by atoms with van der Waals surface area (Å²) in [5, 5.41) is 13.0. The fourth-order valence-corrected chi connectivity index (χ4v) is 3.41. The SMILES string of the molecule is O=C(CCC1CCCNC1)N1CCc2ccc(O)cc2C1. The molecule has 1 aromatic rings. The lowest BCUT2D eigenvalue weighted by Crippen LogP contribution is -2.36. The third-order valence-corrected chi connectivity index (χ3v) is 4.72. The van der Waals surface area contributed by atoms with Crippen LogP contribution in [0.3, 0.4) is 0 Å². The van der Waals surface area contributed by atoms with Gasteiger partial charge in [-0.05, 0) is 68.0 Å². The van der Waals surface area contributed by atoms with Crippen molar-refractivity contribution in [3.8, 4) is 5.75 Å². The number of aromatic hydroxyl groups is 1. The van der Waals surface area contributed by atoms with Crippen molar-refractivity contribution in [3.63, 3.8) is 0 Å². The van der Waals surface area contributed by atoms with Crippen LogP contribution in [-0.4, -0.2) is 35.5 Å². The molecule has 4 heteroatoms. The molecule has 1 aromatic carbocycles. The first-order chi connectivity index (χ1) is 10.2. The van der Waals surface area contributed by atoms with Gasteiger partial charge in [-0.2, -0.15) is 0 Å². The minimum atomic E-state index is 0.259. The fourth-order valence-electron chi connectivity index (χ4n) is 3.41. The van der Waals surface area contributed by atoms with E-state index < -0.39 is 0 Å². The first-order valence-corrected chi connectivity index (χ1v) is 8.01. The van der Waals surface area contributed by atoms with E-state index in [0.717, 1.165) is 38.0 Å². The molecule has 0 bridgehead atoms. The zero-order chi connectivity index (χ0) is 14.7. The van der Waals surface area contributed by atoms with E-state index in [0.29, 0.717) is 18.9 Å². The highest BCUT2D eigenvalue weighted by molar-refractivity contribution is 5.76. The average molecular weight is 288 g/mol. The van der Waals surface area contributed by atoms with Gasteiger partial charge in [0.25, 0.3) is 0 Å². The highest BCUT2D eigenvalue weighted by Crippen LogP contribution is 2.24. The lowest BCUT2D eigenvalue weighted by molar-refractivity contribution is -0.132. The van der Waals surface area contributed by atoms with E-state index in [4.69, 9.17) is 0 Å². The van der Waals surface area contributed by atoms with Crippen molar-refractivity contribution in [2.75, 3.05) is 19.6 Å². The molecule has 0 spiro atoms. The Kier molecular flexibility index (Phi) is 4.44. The number of phenolic OH excluding ortho intramolecular Hbond substituents is 1. The summed E-state index contributed by atoms with van der Waals surface area (Å²) in [4.78, 5) is 14.3. The van der Waals surface area contributed by atoms with Gasteiger partial charge in [0.2, 0.25) is 5.91 Å². The quantitative estimate of drug-likeness (QED) is 0.895. The maximum absolute atomic E-state index is 12.4. The third-order valence-electron chi connectivity index (χ3n) is 4.72. The van der Waals surface area contributed by atoms with Crippen LogP contribution in [0.1, 0.15) is 36.8 Å². The van der Waals surface area contributed by atoms with E-state index in [9.17, 15) is 9.90 Å². The second-order valence-electron chi connectivity index (χ2n) is 6.27. The van der Waals surface area contributed by atoms with Crippen molar-refractivity contribution < 1.29 is 9.90 Å². The molecule has 2 aliphatic heterocycles. The van der Waals surface area contributed by atoms with Gasteiger partial charge in [-0.3, -0.25) is 4.79 Å². The molecule has 1 amide bonds. The Labute approximate surface area is 126 Å². The van der Waals surface area contributed by atoms with Crippen LogP contribution in [0.15, 0.2) is 18.2 Å². The number of amides is 1. The summed E-state index contributed by atoms with van der Waals surface area (Å²) in [5.74, 6) is 1.20. The minimum Gasteiger partial charge on any atom is -0.508 e. The Bertz CT molecular complexity index is 510. The molecule has 1 unspecified atom stereocenters. The van der Waals surface area contributed by atoms with Gasteiger partial charge in [0.15, 0.2) is 0 Å². The van der Waals surface area contributed by atoms with Crippen LogP contribution in [0, 0.1) is 5.92 Å². The molecule has 2 heterocycles. The summed E-state index contributed by atoms with van der Waals surface area (Å²) in [6, 6.07) is 5.49. The van der Waals surface area contributed by atoms with E-state index in [1.165, 1.54) is 18.4 Å². The number of carbonyl (C=O) groups excluding carboxylic acids is 1. The predicted octanol–water partition coefficient (Wildman–Crippen LogP) is 2.06. The number of carbonyl (C=O) groups is 1. The number of benzene rings is 1. The Morgan fingerprint density at radius 1 is 1.38 bits per heavy atom. The van der Waals surface area contributed by atoms with Crippen molar-refractivity contribution >= 4 is 5.91 Å². The van der Waals surface area contributed by atoms with E-state index in [1.54, 1.807) is 12.1 Å². The van der Waals surface area contributed by atoms with E-state index in [1.807, 2.05) is 11.0 Å². The van der Waals surface area contributed by atoms with Gasteiger partial charge >= 0.3 is 0 Å². The zero-order valence-electron chi connectivity index (χ0n) is 12.5. The fraction of sp³-hybridized carbons (Fsp3) is 0.588. The summed E-state index contributed by atoms with van der Waals surface area (Å²) < 4.78 is 0. The van der Waals surface area contributed by atoms with Crippen LogP contribution in [0.25, 0.3) is 0 Å². The minimum absolute atomic E-state index is 0.259. The molecule has 0 radical (unpaired) electrons. The molecule has 0 aliphatic carbocycles. The summed E-state index contributed by atoms with van der Waals surface area (Å²) in [5.41, 5.74) is 2.35. The summed E-state index contributed by atoms with van der Waals surface area (Å²) in [6.07, 6.45) is 5.02. The van der Waals surface area contributed by atoms with E-state index in [-0.39, 0.29) is 11.7 Å². The summed E-state index contributed by atoms with van der Waals surface area (Å²) >= 11 is 0. The normalized spacial score (nSPS) is 21.9. The van der Waals surface area contributed by atoms with Gasteiger partial charge in [0, 0.05) is 19.5 Å². The number of hydrogen-bond donors (Lipinski definition) is 2. The van der Waals surface area contributed by atoms with Crippen LogP contribution in [0.5, 0.6) is 5.75 Å². The highest BCUT2D eigenvalue weighted by atomic mass is 16.3. The first kappa shape index (κ1) is 14.4. The monoisotopic (exact) mass is 288 g/mol. The molecule has 3 rings (SSSR count). The number of phenols is 1. The Balaban J connectivity index is 1.54. The van der Waals surface area contributed by atoms with Gasteiger partial charge in [-0.15, -0.1) is 0 Å². The van der Waals surface area contributed by atoms with Gasteiger partial charge in [-0.25, -0.2) is 0 Å². The largest absolute Gasteiger partial charge is 0.508 e. The van der Waals surface area contributed by atoms with Crippen molar-refractivity contribution in [3.05, 3.63) is 29.3 Å². The van der Waals surface area contributed by atoms with Crippen LogP contribution in [-0.2, 0) is 17.8 Å². The molecule has 21 heavy (non-hydrogen) atoms. The molecule has 0 saturated carbocycles. The molecule has 114 valence electrons. The topological polar surface area (TPSA) is 52.6 Å². The molecule has 4 nitrogen and oxygen atoms in total. The molecular weight excluding hydrogens is 264 g/mol. The number of rotatable bonds is 3. The Morgan fingerprint density at radius 2 is 2.29 bits per heavy atom. The number of nitrogens with zero attached hydrogens (tertiary/aromatic N) is 1. The van der Waals surface area contributed by atoms with Crippen LogP contribution in [0.2, 0.25) is 0 Å². The number of hydrogen-bond acceptors (Lipinski definition) is 3. The molecular formula is C17H24N2O2. The Morgan fingerprint density at radius 3 is 3.10 bits per heavy atom. The Hall–Kier alpha value is -1.55. The highest BCUT2D eigenvalue weighted by Gasteiger charge is 2.22. The molecule has 1 atom stereocenters. The molecule has 2 aliphatic rings. The first-order valence-electron chi connectivity index (χ1n) is 8.01.